The first-order valence-corrected chi connectivity index (χ1v) is 9.92. The largest absolute Gasteiger partial charge is 0.514 e. The number of methoxy groups -OCH3 is 1. The Morgan fingerprint density at radius 1 is 1.10 bits per heavy atom. The van der Waals surface area contributed by atoms with Crippen molar-refractivity contribution in [2.24, 2.45) is 0 Å². The van der Waals surface area contributed by atoms with Crippen LogP contribution in [0.1, 0.15) is 45.6 Å². The average Bonchev–Trinajstić information content (AvgIpc) is 2.66. The van der Waals surface area contributed by atoms with Crippen molar-refractivity contribution in [1.29, 1.82) is 0 Å². The molecule has 1 aromatic carbocycles. The van der Waals surface area contributed by atoms with Crippen LogP contribution < -0.4 is 9.47 Å². The Morgan fingerprint density at radius 3 is 2.48 bits per heavy atom. The molecule has 0 saturated carbocycles. The molecule has 1 aliphatic rings. The Morgan fingerprint density at radius 2 is 1.83 bits per heavy atom. The summed E-state index contributed by atoms with van der Waals surface area (Å²) in [5.74, 6) is 0.741. The highest BCUT2D eigenvalue weighted by Crippen LogP contribution is 2.27. The predicted molar refractivity (Wildman–Crippen MR) is 110 cm³/mol. The molecule has 1 aromatic rings. The van der Waals surface area contributed by atoms with Gasteiger partial charge >= 0.3 is 6.16 Å². The fraction of sp³-hybridized carbons (Fsp3) is 0.545. The number of rotatable bonds is 7. The SMILES string of the molecule is COCCOc1ccc(/C=C/C(=O)N2CCCCC2)c(OC(=O)OC(C)(C)C)c1. The molecule has 160 valence electrons. The van der Waals surface area contributed by atoms with Crippen LogP contribution in [0.5, 0.6) is 11.5 Å². The maximum absolute atomic E-state index is 12.4. The predicted octanol–water partition coefficient (Wildman–Crippen LogP) is 4.05. The lowest BCUT2D eigenvalue weighted by Crippen LogP contribution is -2.34. The van der Waals surface area contributed by atoms with Gasteiger partial charge in [0.05, 0.1) is 6.61 Å². The van der Waals surface area contributed by atoms with Crippen LogP contribution in [0.15, 0.2) is 24.3 Å². The fourth-order valence-electron chi connectivity index (χ4n) is 2.81. The minimum absolute atomic E-state index is 0.0478. The van der Waals surface area contributed by atoms with E-state index in [1.54, 1.807) is 52.2 Å². The zero-order valence-corrected chi connectivity index (χ0v) is 17.7. The number of hydrogen-bond donors (Lipinski definition) is 0. The molecular formula is C22H31NO6. The molecule has 1 amide bonds. The number of carbonyl (C=O) groups is 2. The van der Waals surface area contributed by atoms with E-state index in [0.717, 1.165) is 32.4 Å². The van der Waals surface area contributed by atoms with Gasteiger partial charge in [0.2, 0.25) is 5.91 Å². The molecule has 0 N–H and O–H groups in total. The molecule has 1 aliphatic heterocycles. The molecule has 0 spiro atoms. The molecule has 29 heavy (non-hydrogen) atoms. The van der Waals surface area contributed by atoms with Gasteiger partial charge in [0.25, 0.3) is 0 Å². The zero-order chi connectivity index (χ0) is 21.3. The van der Waals surface area contributed by atoms with E-state index in [9.17, 15) is 9.59 Å². The number of likely N-dealkylation sites (tertiary alicyclic amines) is 1. The number of piperidine rings is 1. The lowest BCUT2D eigenvalue weighted by molar-refractivity contribution is -0.126. The van der Waals surface area contributed by atoms with Crippen LogP contribution in [0.3, 0.4) is 0 Å². The van der Waals surface area contributed by atoms with E-state index in [0.29, 0.717) is 24.5 Å². The Kier molecular flexibility index (Phi) is 8.51. The first kappa shape index (κ1) is 22.7. The van der Waals surface area contributed by atoms with Gasteiger partial charge in [0.15, 0.2) is 0 Å². The molecule has 1 fully saturated rings. The molecule has 2 rings (SSSR count). The van der Waals surface area contributed by atoms with Gasteiger partial charge in [-0.3, -0.25) is 4.79 Å². The standard InChI is InChI=1S/C22H31NO6/c1-22(2,3)29-21(25)28-19-16-18(27-15-14-26-4)10-8-17(19)9-11-20(24)23-12-6-5-7-13-23/h8-11,16H,5-7,12-15H2,1-4H3/b11-9+. The van der Waals surface area contributed by atoms with Crippen molar-refractivity contribution >= 4 is 18.1 Å². The number of nitrogens with zero attached hydrogens (tertiary/aromatic N) is 1. The number of carbonyl (C=O) groups excluding carboxylic acids is 2. The third-order valence-corrected chi connectivity index (χ3v) is 4.20. The quantitative estimate of drug-likeness (QED) is 0.295. The fourth-order valence-corrected chi connectivity index (χ4v) is 2.81. The van der Waals surface area contributed by atoms with Crippen molar-refractivity contribution in [2.45, 2.75) is 45.6 Å². The molecule has 1 heterocycles. The second-order valence-corrected chi connectivity index (χ2v) is 7.83. The van der Waals surface area contributed by atoms with Crippen molar-refractivity contribution in [3.05, 3.63) is 29.8 Å². The van der Waals surface area contributed by atoms with Crippen LogP contribution in [0.2, 0.25) is 0 Å². The van der Waals surface area contributed by atoms with Crippen LogP contribution >= 0.6 is 0 Å². The topological polar surface area (TPSA) is 74.3 Å². The maximum atomic E-state index is 12.4. The number of amides is 1. The van der Waals surface area contributed by atoms with Gasteiger partial charge in [-0.1, -0.05) is 0 Å². The van der Waals surface area contributed by atoms with Gasteiger partial charge < -0.3 is 23.8 Å². The molecule has 0 bridgehead atoms. The molecule has 0 atom stereocenters. The van der Waals surface area contributed by atoms with E-state index in [1.807, 2.05) is 4.90 Å². The smallest absolute Gasteiger partial charge is 0.491 e. The first-order valence-electron chi connectivity index (χ1n) is 9.92. The van der Waals surface area contributed by atoms with Gasteiger partial charge in [-0.15, -0.1) is 0 Å². The zero-order valence-electron chi connectivity index (χ0n) is 17.7. The van der Waals surface area contributed by atoms with Gasteiger partial charge in [-0.2, -0.15) is 0 Å². The summed E-state index contributed by atoms with van der Waals surface area (Å²) in [7, 11) is 1.59. The number of benzene rings is 1. The summed E-state index contributed by atoms with van der Waals surface area (Å²) in [5.41, 5.74) is -0.0931. The van der Waals surface area contributed by atoms with E-state index in [4.69, 9.17) is 18.9 Å². The summed E-state index contributed by atoms with van der Waals surface area (Å²) in [5, 5.41) is 0. The highest BCUT2D eigenvalue weighted by molar-refractivity contribution is 5.92. The van der Waals surface area contributed by atoms with Crippen molar-refractivity contribution < 1.29 is 28.5 Å². The summed E-state index contributed by atoms with van der Waals surface area (Å²) in [6, 6.07) is 5.09. The van der Waals surface area contributed by atoms with Gasteiger partial charge in [0.1, 0.15) is 23.7 Å². The van der Waals surface area contributed by atoms with Gasteiger partial charge in [0, 0.05) is 37.9 Å². The van der Waals surface area contributed by atoms with E-state index >= 15 is 0 Å². The second-order valence-electron chi connectivity index (χ2n) is 7.83. The number of ether oxygens (including phenoxy) is 4. The van der Waals surface area contributed by atoms with E-state index in [-0.39, 0.29) is 11.7 Å². The molecular weight excluding hydrogens is 374 g/mol. The molecule has 7 heteroatoms. The summed E-state index contributed by atoms with van der Waals surface area (Å²) in [4.78, 5) is 26.4. The van der Waals surface area contributed by atoms with Crippen LogP contribution in [0.4, 0.5) is 4.79 Å². The second kappa shape index (κ2) is 10.9. The third kappa shape index (κ3) is 8.15. The Hall–Kier alpha value is -2.54. The molecule has 0 unspecified atom stereocenters. The lowest BCUT2D eigenvalue weighted by Gasteiger charge is -2.25. The highest BCUT2D eigenvalue weighted by Gasteiger charge is 2.20. The van der Waals surface area contributed by atoms with Gasteiger partial charge in [-0.05, 0) is 58.2 Å². The van der Waals surface area contributed by atoms with Crippen molar-refractivity contribution in [1.82, 2.24) is 4.90 Å². The molecule has 0 aromatic heterocycles. The maximum Gasteiger partial charge on any atom is 0.514 e. The summed E-state index contributed by atoms with van der Waals surface area (Å²) < 4.78 is 21.2. The summed E-state index contributed by atoms with van der Waals surface area (Å²) in [6.07, 6.45) is 5.55. The van der Waals surface area contributed by atoms with Crippen LogP contribution in [-0.2, 0) is 14.3 Å². The third-order valence-electron chi connectivity index (χ3n) is 4.20. The summed E-state index contributed by atoms with van der Waals surface area (Å²) in [6.45, 7) is 7.64. The minimum atomic E-state index is -0.816. The normalized spacial score (nSPS) is 14.7. The average molecular weight is 405 g/mol. The monoisotopic (exact) mass is 405 g/mol. The van der Waals surface area contributed by atoms with E-state index < -0.39 is 11.8 Å². The first-order chi connectivity index (χ1) is 13.8. The van der Waals surface area contributed by atoms with Crippen LogP contribution in [0, 0.1) is 0 Å². The van der Waals surface area contributed by atoms with Crippen LogP contribution in [-0.4, -0.2) is 56.0 Å². The van der Waals surface area contributed by atoms with Crippen molar-refractivity contribution in [2.75, 3.05) is 33.4 Å². The van der Waals surface area contributed by atoms with E-state index in [2.05, 4.69) is 0 Å². The number of hydrogen-bond acceptors (Lipinski definition) is 6. The molecule has 0 radical (unpaired) electrons. The molecule has 0 aliphatic carbocycles. The molecule has 7 nitrogen and oxygen atoms in total. The minimum Gasteiger partial charge on any atom is -0.491 e. The Labute approximate surface area is 172 Å². The lowest BCUT2D eigenvalue weighted by atomic mass is 10.1. The molecule has 1 saturated heterocycles. The highest BCUT2D eigenvalue weighted by atomic mass is 16.7. The van der Waals surface area contributed by atoms with Crippen molar-refractivity contribution in [3.8, 4) is 11.5 Å². The Bertz CT molecular complexity index is 717. The summed E-state index contributed by atoms with van der Waals surface area (Å²) >= 11 is 0. The Balaban J connectivity index is 2.16. The van der Waals surface area contributed by atoms with Gasteiger partial charge in [-0.25, -0.2) is 4.79 Å². The van der Waals surface area contributed by atoms with Crippen molar-refractivity contribution in [3.63, 3.8) is 0 Å². The van der Waals surface area contributed by atoms with E-state index in [1.165, 1.54) is 6.08 Å². The van der Waals surface area contributed by atoms with Crippen LogP contribution in [0.25, 0.3) is 6.08 Å².